The van der Waals surface area contributed by atoms with Gasteiger partial charge in [-0.2, -0.15) is 0 Å². The van der Waals surface area contributed by atoms with Crippen molar-refractivity contribution < 1.29 is 22.9 Å². The highest BCUT2D eigenvalue weighted by molar-refractivity contribution is 6.39. The zero-order valence-corrected chi connectivity index (χ0v) is 10.0. The van der Waals surface area contributed by atoms with Crippen LogP contribution in [-0.4, -0.2) is 17.0 Å². The summed E-state index contributed by atoms with van der Waals surface area (Å²) in [4.78, 5) is 22.8. The molecule has 0 unspecified atom stereocenters. The summed E-state index contributed by atoms with van der Waals surface area (Å²) in [5.74, 6) is -3.61. The van der Waals surface area contributed by atoms with Crippen LogP contribution in [0.3, 0.4) is 0 Å². The van der Waals surface area contributed by atoms with Gasteiger partial charge in [-0.1, -0.05) is 11.2 Å². The molecule has 2 aromatic rings. The Morgan fingerprint density at radius 1 is 1.15 bits per heavy atom. The Morgan fingerprint density at radius 2 is 1.85 bits per heavy atom. The van der Waals surface area contributed by atoms with Crippen LogP contribution in [0, 0.1) is 11.6 Å². The van der Waals surface area contributed by atoms with Crippen LogP contribution in [0.25, 0.3) is 0 Å². The number of hydrogen-bond donors (Lipinski definition) is 2. The molecule has 0 atom stereocenters. The topological polar surface area (TPSA) is 84.2 Å². The van der Waals surface area contributed by atoms with Gasteiger partial charge in [-0.3, -0.25) is 14.9 Å². The number of aromatic nitrogens is 1. The van der Waals surface area contributed by atoms with E-state index >= 15 is 0 Å². The van der Waals surface area contributed by atoms with E-state index in [0.717, 1.165) is 12.1 Å². The molecular formula is C12H9F2N3O3. The van der Waals surface area contributed by atoms with E-state index in [2.05, 4.69) is 20.3 Å². The van der Waals surface area contributed by atoms with E-state index in [4.69, 9.17) is 0 Å². The van der Waals surface area contributed by atoms with Gasteiger partial charge in [-0.25, -0.2) is 8.78 Å². The highest BCUT2D eigenvalue weighted by atomic mass is 19.1. The number of carbonyl (C=O) groups is 2. The van der Waals surface area contributed by atoms with Gasteiger partial charge in [0.05, 0.1) is 0 Å². The average molecular weight is 281 g/mol. The van der Waals surface area contributed by atoms with Crippen molar-refractivity contribution in [3.8, 4) is 0 Å². The lowest BCUT2D eigenvalue weighted by Gasteiger charge is -2.06. The van der Waals surface area contributed by atoms with Gasteiger partial charge in [0, 0.05) is 18.2 Å². The molecule has 8 heteroatoms. The van der Waals surface area contributed by atoms with Crippen molar-refractivity contribution in [2.24, 2.45) is 0 Å². The second-order valence-electron chi connectivity index (χ2n) is 3.72. The number of nitrogens with zero attached hydrogens (tertiary/aromatic N) is 1. The monoisotopic (exact) mass is 281 g/mol. The number of anilines is 1. The summed E-state index contributed by atoms with van der Waals surface area (Å²) < 4.78 is 31.0. The Bertz CT molecular complexity index is 609. The van der Waals surface area contributed by atoms with Crippen LogP contribution < -0.4 is 10.6 Å². The molecule has 0 aliphatic rings. The van der Waals surface area contributed by atoms with E-state index in [1.807, 2.05) is 0 Å². The fourth-order valence-corrected chi connectivity index (χ4v) is 1.40. The molecule has 0 fully saturated rings. The molecular weight excluding hydrogens is 272 g/mol. The zero-order chi connectivity index (χ0) is 14.5. The fourth-order valence-electron chi connectivity index (χ4n) is 1.40. The van der Waals surface area contributed by atoms with Crippen LogP contribution in [-0.2, 0) is 16.1 Å². The van der Waals surface area contributed by atoms with Crippen LogP contribution in [0.4, 0.5) is 14.6 Å². The van der Waals surface area contributed by atoms with Gasteiger partial charge in [-0.15, -0.1) is 0 Å². The van der Waals surface area contributed by atoms with Crippen molar-refractivity contribution >= 4 is 17.6 Å². The first-order valence-corrected chi connectivity index (χ1v) is 5.50. The number of halogens is 2. The summed E-state index contributed by atoms with van der Waals surface area (Å²) in [6.45, 7) is -0.441. The van der Waals surface area contributed by atoms with Crippen molar-refractivity contribution in [3.05, 3.63) is 47.7 Å². The first-order valence-electron chi connectivity index (χ1n) is 5.50. The molecule has 0 spiro atoms. The maximum absolute atomic E-state index is 13.3. The number of rotatable bonds is 3. The molecule has 20 heavy (non-hydrogen) atoms. The van der Waals surface area contributed by atoms with Crippen LogP contribution in [0.15, 0.2) is 35.1 Å². The summed E-state index contributed by atoms with van der Waals surface area (Å²) in [6.07, 6.45) is 1.21. The van der Waals surface area contributed by atoms with Gasteiger partial charge < -0.3 is 9.84 Å². The van der Waals surface area contributed by atoms with Gasteiger partial charge in [0.15, 0.2) is 5.82 Å². The number of hydrogen-bond acceptors (Lipinski definition) is 4. The van der Waals surface area contributed by atoms with E-state index in [1.54, 1.807) is 0 Å². The Morgan fingerprint density at radius 3 is 2.45 bits per heavy atom. The summed E-state index contributed by atoms with van der Waals surface area (Å²) in [6, 6.07) is 4.65. The van der Waals surface area contributed by atoms with Gasteiger partial charge >= 0.3 is 11.8 Å². The van der Waals surface area contributed by atoms with Crippen LogP contribution >= 0.6 is 0 Å². The van der Waals surface area contributed by atoms with Crippen LogP contribution in [0.5, 0.6) is 0 Å². The second kappa shape index (κ2) is 5.91. The minimum Gasteiger partial charge on any atom is -0.363 e. The van der Waals surface area contributed by atoms with Crippen molar-refractivity contribution in [1.82, 2.24) is 10.5 Å². The fraction of sp³-hybridized carbons (Fsp3) is 0.0833. The van der Waals surface area contributed by atoms with E-state index in [-0.39, 0.29) is 11.4 Å². The lowest BCUT2D eigenvalue weighted by Crippen LogP contribution is -2.35. The first-order chi connectivity index (χ1) is 9.58. The second-order valence-corrected chi connectivity index (χ2v) is 3.72. The highest BCUT2D eigenvalue weighted by Crippen LogP contribution is 2.11. The molecule has 1 aromatic heterocycles. The third-order valence-corrected chi connectivity index (χ3v) is 2.37. The molecule has 0 saturated carbocycles. The zero-order valence-electron chi connectivity index (χ0n) is 10.0. The molecule has 0 saturated heterocycles. The Balaban J connectivity index is 1.93. The molecule has 1 aromatic carbocycles. The lowest BCUT2D eigenvalue weighted by atomic mass is 10.2. The number of carbonyl (C=O) groups excluding carboxylic acids is 2. The highest BCUT2D eigenvalue weighted by Gasteiger charge is 2.16. The molecule has 1 heterocycles. The Labute approximate surface area is 111 Å². The van der Waals surface area contributed by atoms with Crippen molar-refractivity contribution in [3.63, 3.8) is 0 Å². The van der Waals surface area contributed by atoms with E-state index in [1.165, 1.54) is 18.4 Å². The minimum absolute atomic E-state index is 0.0576. The van der Waals surface area contributed by atoms with E-state index < -0.39 is 30.0 Å². The van der Waals surface area contributed by atoms with E-state index in [0.29, 0.717) is 0 Å². The summed E-state index contributed by atoms with van der Waals surface area (Å²) in [5, 5.41) is 7.63. The predicted octanol–water partition coefficient (Wildman–Crippen LogP) is 1.21. The molecule has 0 aliphatic heterocycles. The summed E-state index contributed by atoms with van der Waals surface area (Å²) >= 11 is 0. The molecule has 2 amide bonds. The van der Waals surface area contributed by atoms with Gasteiger partial charge in [0.25, 0.3) is 0 Å². The quantitative estimate of drug-likeness (QED) is 0.828. The van der Waals surface area contributed by atoms with Crippen molar-refractivity contribution in [2.45, 2.75) is 6.54 Å². The molecule has 0 radical (unpaired) electrons. The average Bonchev–Trinajstić information content (AvgIpc) is 2.90. The lowest BCUT2D eigenvalue weighted by molar-refractivity contribution is -0.136. The third-order valence-electron chi connectivity index (χ3n) is 2.37. The molecule has 0 bridgehead atoms. The number of benzene rings is 1. The Kier molecular flexibility index (Phi) is 4.04. The van der Waals surface area contributed by atoms with E-state index in [9.17, 15) is 18.4 Å². The molecule has 0 aliphatic carbocycles. The third kappa shape index (κ3) is 3.16. The molecule has 104 valence electrons. The molecule has 2 rings (SSSR count). The minimum atomic E-state index is -1.05. The normalized spacial score (nSPS) is 10.1. The maximum Gasteiger partial charge on any atom is 0.314 e. The molecule has 6 nitrogen and oxygen atoms in total. The molecule has 2 N–H and O–H groups in total. The first kappa shape index (κ1) is 13.7. The maximum atomic E-state index is 13.3. The number of amides is 2. The van der Waals surface area contributed by atoms with Crippen LogP contribution in [0.1, 0.15) is 5.56 Å². The SMILES string of the molecule is O=C(NCc1c(F)cccc1F)C(=O)Nc1ccon1. The van der Waals surface area contributed by atoms with Crippen molar-refractivity contribution in [2.75, 3.05) is 5.32 Å². The van der Waals surface area contributed by atoms with Gasteiger partial charge in [0.1, 0.15) is 17.9 Å². The standard InChI is InChI=1S/C12H9F2N3O3/c13-8-2-1-3-9(14)7(8)6-15-11(18)12(19)16-10-4-5-20-17-10/h1-5H,6H2,(H,15,18)(H,16,17,19). The smallest absolute Gasteiger partial charge is 0.314 e. The largest absolute Gasteiger partial charge is 0.363 e. The summed E-state index contributed by atoms with van der Waals surface area (Å²) in [7, 11) is 0. The van der Waals surface area contributed by atoms with Gasteiger partial charge in [-0.05, 0) is 12.1 Å². The van der Waals surface area contributed by atoms with Crippen LogP contribution in [0.2, 0.25) is 0 Å². The predicted molar refractivity (Wildman–Crippen MR) is 63.3 cm³/mol. The Hall–Kier alpha value is -2.77. The summed E-state index contributed by atoms with van der Waals surface area (Å²) in [5.41, 5.74) is -0.324. The number of nitrogens with one attached hydrogen (secondary N) is 2. The van der Waals surface area contributed by atoms with Gasteiger partial charge in [0.2, 0.25) is 0 Å². The van der Waals surface area contributed by atoms with Crippen molar-refractivity contribution in [1.29, 1.82) is 0 Å².